The molecular weight excluding hydrogens is 270 g/mol. The van der Waals surface area contributed by atoms with Crippen molar-refractivity contribution >= 4 is 17.5 Å². The molecule has 2 nitrogen and oxygen atoms in total. The molecule has 0 aromatic heterocycles. The van der Waals surface area contributed by atoms with Gasteiger partial charge in [-0.05, 0) is 37.2 Å². The van der Waals surface area contributed by atoms with Crippen molar-refractivity contribution in [2.75, 3.05) is 12.4 Å². The molecule has 1 aromatic carbocycles. The molecule has 0 radical (unpaired) electrons. The number of carbonyl (C=O) groups excluding carboxylic acids is 1. The van der Waals surface area contributed by atoms with Crippen molar-refractivity contribution in [2.45, 2.75) is 46.5 Å². The number of halogens is 1. The predicted octanol–water partition coefficient (Wildman–Crippen LogP) is 4.09. The number of rotatable bonds is 8. The fourth-order valence-corrected chi connectivity index (χ4v) is 2.21. The molecule has 3 heteroatoms. The molecule has 0 aliphatic heterocycles. The summed E-state index contributed by atoms with van der Waals surface area (Å²) in [6, 6.07) is 8.35. The lowest BCUT2D eigenvalue weighted by Gasteiger charge is -2.24. The molecule has 112 valence electrons. The second-order valence-electron chi connectivity index (χ2n) is 6.22. The first-order valence-electron chi connectivity index (χ1n) is 7.31. The minimum Gasteiger partial charge on any atom is -0.356 e. The smallest absolute Gasteiger partial charge is 0.220 e. The van der Waals surface area contributed by atoms with Gasteiger partial charge < -0.3 is 5.32 Å². The molecular formula is C17H26ClNO. The number of benzene rings is 1. The molecule has 0 spiro atoms. The van der Waals surface area contributed by atoms with Crippen LogP contribution < -0.4 is 5.32 Å². The summed E-state index contributed by atoms with van der Waals surface area (Å²) in [6.07, 6.45) is 3.38. The van der Waals surface area contributed by atoms with Gasteiger partial charge in [0.25, 0.3) is 0 Å². The highest BCUT2D eigenvalue weighted by molar-refractivity contribution is 6.17. The lowest BCUT2D eigenvalue weighted by atomic mass is 9.88. The number of hydrogen-bond acceptors (Lipinski definition) is 1. The van der Waals surface area contributed by atoms with Crippen LogP contribution in [0.5, 0.6) is 0 Å². The molecule has 0 heterocycles. The highest BCUT2D eigenvalue weighted by atomic mass is 35.5. The van der Waals surface area contributed by atoms with Crippen molar-refractivity contribution in [3.8, 4) is 0 Å². The molecule has 0 saturated carbocycles. The second-order valence-corrected chi connectivity index (χ2v) is 6.60. The SMILES string of the molecule is Cc1ccc(CCC(=O)NCC(C)(C)CCCCl)cc1. The van der Waals surface area contributed by atoms with Gasteiger partial charge in [0.2, 0.25) is 5.91 Å². The van der Waals surface area contributed by atoms with Gasteiger partial charge in [-0.2, -0.15) is 0 Å². The topological polar surface area (TPSA) is 29.1 Å². The van der Waals surface area contributed by atoms with Crippen molar-refractivity contribution in [1.82, 2.24) is 5.32 Å². The van der Waals surface area contributed by atoms with Crippen LogP contribution in [0.25, 0.3) is 0 Å². The number of carbonyl (C=O) groups is 1. The van der Waals surface area contributed by atoms with Gasteiger partial charge in [-0.25, -0.2) is 0 Å². The summed E-state index contributed by atoms with van der Waals surface area (Å²) in [7, 11) is 0. The number of nitrogens with one attached hydrogen (secondary N) is 1. The maximum atomic E-state index is 11.9. The number of aryl methyl sites for hydroxylation is 2. The number of amides is 1. The van der Waals surface area contributed by atoms with Crippen molar-refractivity contribution in [3.63, 3.8) is 0 Å². The van der Waals surface area contributed by atoms with E-state index < -0.39 is 0 Å². The van der Waals surface area contributed by atoms with Gasteiger partial charge in [0, 0.05) is 18.8 Å². The molecule has 0 unspecified atom stereocenters. The summed E-state index contributed by atoms with van der Waals surface area (Å²) in [5.74, 6) is 0.815. The molecule has 0 fully saturated rings. The van der Waals surface area contributed by atoms with E-state index in [1.54, 1.807) is 0 Å². The summed E-state index contributed by atoms with van der Waals surface area (Å²) in [5.41, 5.74) is 2.58. The van der Waals surface area contributed by atoms with Crippen LogP contribution in [0.4, 0.5) is 0 Å². The van der Waals surface area contributed by atoms with E-state index in [0.717, 1.165) is 25.8 Å². The summed E-state index contributed by atoms with van der Waals surface area (Å²) in [5, 5.41) is 3.03. The normalized spacial score (nSPS) is 11.4. The lowest BCUT2D eigenvalue weighted by Crippen LogP contribution is -2.34. The molecule has 0 atom stereocenters. The largest absolute Gasteiger partial charge is 0.356 e. The van der Waals surface area contributed by atoms with E-state index in [4.69, 9.17) is 11.6 Å². The van der Waals surface area contributed by atoms with Crippen LogP contribution in [0.15, 0.2) is 24.3 Å². The van der Waals surface area contributed by atoms with E-state index in [0.29, 0.717) is 12.3 Å². The fourth-order valence-electron chi connectivity index (χ4n) is 2.07. The van der Waals surface area contributed by atoms with Crippen molar-refractivity contribution in [3.05, 3.63) is 35.4 Å². The lowest BCUT2D eigenvalue weighted by molar-refractivity contribution is -0.121. The Kier molecular flexibility index (Phi) is 7.08. The third kappa shape index (κ3) is 6.95. The molecule has 0 bridgehead atoms. The van der Waals surface area contributed by atoms with Crippen molar-refractivity contribution in [1.29, 1.82) is 0 Å². The van der Waals surface area contributed by atoms with E-state index in [1.165, 1.54) is 11.1 Å². The van der Waals surface area contributed by atoms with Crippen molar-refractivity contribution < 1.29 is 4.79 Å². The average molecular weight is 296 g/mol. The summed E-state index contributed by atoms with van der Waals surface area (Å²) in [6.45, 7) is 7.12. The Hall–Kier alpha value is -1.02. The third-order valence-corrected chi connectivity index (χ3v) is 3.78. The maximum absolute atomic E-state index is 11.9. The Balaban J connectivity index is 2.28. The minimum atomic E-state index is 0.119. The second kappa shape index (κ2) is 8.31. The van der Waals surface area contributed by atoms with Gasteiger partial charge in [0.15, 0.2) is 0 Å². The van der Waals surface area contributed by atoms with Crippen LogP contribution in [0.3, 0.4) is 0 Å². The number of hydrogen-bond donors (Lipinski definition) is 1. The third-order valence-electron chi connectivity index (χ3n) is 3.51. The zero-order valence-electron chi connectivity index (χ0n) is 12.8. The van der Waals surface area contributed by atoms with Gasteiger partial charge in [0.05, 0.1) is 0 Å². The summed E-state index contributed by atoms with van der Waals surface area (Å²) in [4.78, 5) is 11.9. The van der Waals surface area contributed by atoms with Gasteiger partial charge in [0.1, 0.15) is 0 Å². The fraction of sp³-hybridized carbons (Fsp3) is 0.588. The quantitative estimate of drug-likeness (QED) is 0.719. The standard InChI is InChI=1S/C17H26ClNO/c1-14-5-7-15(8-6-14)9-10-16(20)19-13-17(2,3)11-4-12-18/h5-8H,4,9-13H2,1-3H3,(H,19,20). The predicted molar refractivity (Wildman–Crippen MR) is 86.2 cm³/mol. The highest BCUT2D eigenvalue weighted by Gasteiger charge is 2.18. The molecule has 0 saturated heterocycles. The molecule has 1 N–H and O–H groups in total. The zero-order valence-corrected chi connectivity index (χ0v) is 13.6. The summed E-state index contributed by atoms with van der Waals surface area (Å²) < 4.78 is 0. The first-order chi connectivity index (χ1) is 9.43. The monoisotopic (exact) mass is 295 g/mol. The first kappa shape index (κ1) is 17.0. The van der Waals surface area contributed by atoms with Gasteiger partial charge >= 0.3 is 0 Å². The average Bonchev–Trinajstić information content (AvgIpc) is 2.42. The molecule has 0 aliphatic rings. The van der Waals surface area contributed by atoms with E-state index in [2.05, 4.69) is 50.4 Å². The Morgan fingerprint density at radius 3 is 2.50 bits per heavy atom. The maximum Gasteiger partial charge on any atom is 0.220 e. The molecule has 1 aromatic rings. The van der Waals surface area contributed by atoms with E-state index in [9.17, 15) is 4.79 Å². The van der Waals surface area contributed by atoms with Crippen LogP contribution >= 0.6 is 11.6 Å². The Morgan fingerprint density at radius 1 is 1.25 bits per heavy atom. The molecule has 20 heavy (non-hydrogen) atoms. The van der Waals surface area contributed by atoms with Crippen molar-refractivity contribution in [2.24, 2.45) is 5.41 Å². The first-order valence-corrected chi connectivity index (χ1v) is 7.85. The van der Waals surface area contributed by atoms with Gasteiger partial charge in [-0.15, -0.1) is 11.6 Å². The molecule has 1 rings (SSSR count). The van der Waals surface area contributed by atoms with Crippen LogP contribution in [-0.4, -0.2) is 18.3 Å². The van der Waals surface area contributed by atoms with Crippen LogP contribution in [-0.2, 0) is 11.2 Å². The van der Waals surface area contributed by atoms with Crippen LogP contribution in [0.2, 0.25) is 0 Å². The van der Waals surface area contributed by atoms with Crippen LogP contribution in [0.1, 0.15) is 44.2 Å². The number of alkyl halides is 1. The highest BCUT2D eigenvalue weighted by Crippen LogP contribution is 2.21. The van der Waals surface area contributed by atoms with Crippen LogP contribution in [0, 0.1) is 12.3 Å². The van der Waals surface area contributed by atoms with E-state index in [-0.39, 0.29) is 11.3 Å². The van der Waals surface area contributed by atoms with Gasteiger partial charge in [-0.3, -0.25) is 4.79 Å². The zero-order chi connectivity index (χ0) is 15.0. The molecule has 0 aliphatic carbocycles. The minimum absolute atomic E-state index is 0.119. The van der Waals surface area contributed by atoms with Gasteiger partial charge in [-0.1, -0.05) is 43.7 Å². The Bertz CT molecular complexity index is 412. The molecule has 1 amide bonds. The van der Waals surface area contributed by atoms with E-state index in [1.807, 2.05) is 0 Å². The Labute approximate surface area is 127 Å². The summed E-state index contributed by atoms with van der Waals surface area (Å²) >= 11 is 5.71. The Morgan fingerprint density at radius 2 is 1.90 bits per heavy atom. The van der Waals surface area contributed by atoms with E-state index >= 15 is 0 Å².